The van der Waals surface area contributed by atoms with E-state index in [2.05, 4.69) is 9.37 Å². The first kappa shape index (κ1) is 44.7. The van der Waals surface area contributed by atoms with E-state index in [1.54, 1.807) is 6.07 Å². The Labute approximate surface area is 327 Å². The van der Waals surface area contributed by atoms with Gasteiger partial charge in [0.05, 0.1) is 35.9 Å². The van der Waals surface area contributed by atoms with Crippen molar-refractivity contribution >= 4 is 59.5 Å². The van der Waals surface area contributed by atoms with Crippen molar-refractivity contribution in [1.29, 1.82) is 0 Å². The van der Waals surface area contributed by atoms with Crippen molar-refractivity contribution in [2.24, 2.45) is 0 Å². The molecule has 0 aromatic heterocycles. The van der Waals surface area contributed by atoms with Gasteiger partial charge in [-0.1, -0.05) is 25.0 Å². The number of rotatable bonds is 22. The predicted molar refractivity (Wildman–Crippen MR) is 209 cm³/mol. The van der Waals surface area contributed by atoms with Gasteiger partial charge in [-0.3, -0.25) is 13.7 Å². The van der Waals surface area contributed by atoms with Crippen molar-refractivity contribution in [1.82, 2.24) is 0 Å². The highest BCUT2D eigenvalue weighted by Crippen LogP contribution is 2.49. The van der Waals surface area contributed by atoms with Crippen molar-refractivity contribution < 1.29 is 67.6 Å². The van der Waals surface area contributed by atoms with E-state index in [0.717, 1.165) is 46.0 Å². The molecule has 0 saturated carbocycles. The average molecular weight is 850 g/mol. The van der Waals surface area contributed by atoms with E-state index in [1.807, 2.05) is 85.7 Å². The molecule has 2 aliphatic rings. The number of hydrogen-bond donors (Lipinski definition) is 4. The highest BCUT2D eigenvalue weighted by atomic mass is 32.2. The molecule has 2 aliphatic heterocycles. The lowest BCUT2D eigenvalue weighted by Gasteiger charge is -2.27. The highest BCUT2D eigenvalue weighted by molar-refractivity contribution is 7.94. The number of anilines is 1. The van der Waals surface area contributed by atoms with E-state index in [9.17, 15) is 34.4 Å². The van der Waals surface area contributed by atoms with Gasteiger partial charge in [0.2, 0.25) is 5.69 Å². The molecule has 0 spiro atoms. The molecule has 55 heavy (non-hydrogen) atoms. The molecule has 16 nitrogen and oxygen atoms in total. The van der Waals surface area contributed by atoms with Crippen LogP contribution in [0.3, 0.4) is 0 Å². The molecule has 0 fully saturated rings. The smallest absolute Gasteiger partial charge is 0.265 e. The van der Waals surface area contributed by atoms with Crippen LogP contribution in [-0.4, -0.2) is 104 Å². The summed E-state index contributed by atoms with van der Waals surface area (Å²) in [7, 11) is -12.5. The monoisotopic (exact) mass is 849 g/mol. The molecule has 20 heteroatoms. The Kier molecular flexibility index (Phi) is 15.0. The Bertz CT molecular complexity index is 2110. The van der Waals surface area contributed by atoms with Crippen molar-refractivity contribution in [2.45, 2.75) is 64.2 Å². The van der Waals surface area contributed by atoms with Gasteiger partial charge in [0.15, 0.2) is 5.71 Å². The van der Waals surface area contributed by atoms with E-state index in [0.29, 0.717) is 36.8 Å². The Hall–Kier alpha value is -3.05. The van der Waals surface area contributed by atoms with Gasteiger partial charge in [0.1, 0.15) is 18.0 Å². The summed E-state index contributed by atoms with van der Waals surface area (Å²) in [6.45, 7) is 9.10. The maximum Gasteiger partial charge on any atom is 0.265 e. The topological polar surface area (TPSA) is 227 Å². The third kappa shape index (κ3) is 12.5. The second kappa shape index (κ2) is 18.5. The number of benzene rings is 2. The maximum atomic E-state index is 11.6. The van der Waals surface area contributed by atoms with Crippen LogP contribution in [0, 0.1) is 0 Å². The quantitative estimate of drug-likeness (QED) is 0.0292. The summed E-state index contributed by atoms with van der Waals surface area (Å²) in [6, 6.07) is 11.1. The molecule has 0 amide bonds. The standard InChI is InChI=1S/C35H48N2O14S4/c1-34(2)28-24-26(48-18-8-20-52-51-50-38)12-14-30(28)36(16-6-21-53(39,40)41)32(34)10-5-11-33-35(3,4)29-25-27(49-19-9-23-55(45,46)47)13-15-31(29)37(33)17-7-22-54(42,43)44/h5,10-15,24-25H,6-9,16-23H2,1-4H3,(H3-,38,39,40,41,42,43,44,45,46,47)/p+1. The zero-order chi connectivity index (χ0) is 40.7. The molecule has 0 radical (unpaired) electrons. The fraction of sp³-hybridized carbons (Fsp3) is 0.514. The molecule has 4 N–H and O–H groups in total. The summed E-state index contributed by atoms with van der Waals surface area (Å²) in [6.07, 6.45) is 6.77. The molecular formula is C35H49N2O14S4+. The van der Waals surface area contributed by atoms with Gasteiger partial charge in [0, 0.05) is 65.3 Å². The van der Waals surface area contributed by atoms with Crippen LogP contribution in [0.25, 0.3) is 0 Å². The third-order valence-electron chi connectivity index (χ3n) is 9.34. The van der Waals surface area contributed by atoms with Gasteiger partial charge >= 0.3 is 0 Å². The summed E-state index contributed by atoms with van der Waals surface area (Å²) < 4.78 is 115. The second-order valence-corrected chi connectivity index (χ2v) is 19.6. The van der Waals surface area contributed by atoms with Crippen LogP contribution in [0.5, 0.6) is 11.5 Å². The fourth-order valence-electron chi connectivity index (χ4n) is 6.81. The van der Waals surface area contributed by atoms with Crippen LogP contribution >= 0.6 is 12.0 Å². The van der Waals surface area contributed by atoms with Crippen molar-refractivity contribution in [3.8, 4) is 11.5 Å². The molecule has 0 unspecified atom stereocenters. The van der Waals surface area contributed by atoms with E-state index >= 15 is 0 Å². The zero-order valence-electron chi connectivity index (χ0n) is 31.1. The van der Waals surface area contributed by atoms with Crippen LogP contribution in [0.4, 0.5) is 11.4 Å². The summed E-state index contributed by atoms with van der Waals surface area (Å²) in [5, 5.41) is 11.9. The van der Waals surface area contributed by atoms with Gasteiger partial charge in [-0.25, -0.2) is 5.26 Å². The van der Waals surface area contributed by atoms with Crippen LogP contribution < -0.4 is 14.4 Å². The lowest BCUT2D eigenvalue weighted by molar-refractivity contribution is -0.437. The molecule has 2 aromatic carbocycles. The first-order valence-electron chi connectivity index (χ1n) is 17.5. The number of allylic oxidation sites excluding steroid dienone is 4. The first-order chi connectivity index (χ1) is 25.6. The van der Waals surface area contributed by atoms with Crippen LogP contribution in [0.15, 0.2) is 60.3 Å². The molecule has 2 aromatic rings. The average Bonchev–Trinajstić information content (AvgIpc) is 3.41. The normalized spacial score (nSPS) is 17.3. The zero-order valence-corrected chi connectivity index (χ0v) is 34.3. The largest absolute Gasteiger partial charge is 0.494 e. The van der Waals surface area contributed by atoms with Gasteiger partial charge in [-0.15, -0.1) is 4.33 Å². The van der Waals surface area contributed by atoms with Crippen molar-refractivity contribution in [2.75, 3.05) is 54.2 Å². The lowest BCUT2D eigenvalue weighted by atomic mass is 9.81. The lowest BCUT2D eigenvalue weighted by Crippen LogP contribution is -2.29. The minimum atomic E-state index is -4.20. The highest BCUT2D eigenvalue weighted by Gasteiger charge is 2.45. The molecule has 4 rings (SSSR count). The number of nitrogens with zero attached hydrogens (tertiary/aromatic N) is 2. The predicted octanol–water partition coefficient (Wildman–Crippen LogP) is 5.35. The number of hydrogen-bond acceptors (Lipinski definition) is 13. The second-order valence-electron chi connectivity index (χ2n) is 14.1. The van der Waals surface area contributed by atoms with E-state index in [1.165, 1.54) is 0 Å². The molecule has 306 valence electrons. The van der Waals surface area contributed by atoms with Gasteiger partial charge in [-0.2, -0.15) is 29.8 Å². The van der Waals surface area contributed by atoms with Crippen LogP contribution in [-0.2, 0) is 50.6 Å². The summed E-state index contributed by atoms with van der Waals surface area (Å²) >= 11 is 0.939. The minimum absolute atomic E-state index is 0.0590. The Morgan fingerprint density at radius 2 is 1.35 bits per heavy atom. The maximum absolute atomic E-state index is 11.6. The molecular weight excluding hydrogens is 801 g/mol. The Morgan fingerprint density at radius 3 is 1.98 bits per heavy atom. The fourth-order valence-corrected chi connectivity index (χ4v) is 8.62. The van der Waals surface area contributed by atoms with E-state index < -0.39 is 58.4 Å². The molecule has 0 aliphatic carbocycles. The Balaban J connectivity index is 1.67. The molecule has 2 heterocycles. The van der Waals surface area contributed by atoms with E-state index in [-0.39, 0.29) is 32.4 Å². The van der Waals surface area contributed by atoms with Gasteiger partial charge in [-0.05, 0) is 75.1 Å². The molecule has 0 bridgehead atoms. The third-order valence-corrected chi connectivity index (χ3v) is 12.4. The summed E-state index contributed by atoms with van der Waals surface area (Å²) in [4.78, 5) is 1.99. The van der Waals surface area contributed by atoms with Gasteiger partial charge < -0.3 is 14.4 Å². The van der Waals surface area contributed by atoms with Crippen molar-refractivity contribution in [3.05, 3.63) is 71.5 Å². The first-order valence-corrected chi connectivity index (χ1v) is 23.2. The molecule has 0 atom stereocenters. The SMILES string of the molecule is CC1(C)C(=CC=CC2=[N+](CCCS(=O)(=O)O)c3ccc(OCCCSOOO)cc3C2(C)C)N(CCCS(=O)(=O)O)c2ccc(OCCCS(=O)(=O)O)cc21. The van der Waals surface area contributed by atoms with Crippen LogP contribution in [0.2, 0.25) is 0 Å². The number of fused-ring (bicyclic) bond motifs is 2. The van der Waals surface area contributed by atoms with Crippen LogP contribution in [0.1, 0.15) is 64.5 Å². The minimum Gasteiger partial charge on any atom is -0.494 e. The number of ether oxygens (including phenoxy) is 2. The van der Waals surface area contributed by atoms with E-state index in [4.69, 9.17) is 19.3 Å². The molecule has 0 saturated heterocycles. The van der Waals surface area contributed by atoms with Gasteiger partial charge in [0.25, 0.3) is 30.4 Å². The Morgan fingerprint density at radius 1 is 0.764 bits per heavy atom. The van der Waals surface area contributed by atoms with Crippen molar-refractivity contribution in [3.63, 3.8) is 0 Å². The summed E-state index contributed by atoms with van der Waals surface area (Å²) in [5.74, 6) is 0.363. The summed E-state index contributed by atoms with van der Waals surface area (Å²) in [5.41, 5.74) is 3.97.